The van der Waals surface area contributed by atoms with Gasteiger partial charge in [-0.25, -0.2) is 0 Å². The van der Waals surface area contributed by atoms with Gasteiger partial charge in [-0.1, -0.05) is 49.4 Å². The van der Waals surface area contributed by atoms with Gasteiger partial charge >= 0.3 is 0 Å². The fraction of sp³-hybridized carbons (Fsp3) is 0.278. The number of carbonyl (C=O) groups excluding carboxylic acids is 1. The van der Waals surface area contributed by atoms with Gasteiger partial charge in [-0.05, 0) is 36.1 Å². The summed E-state index contributed by atoms with van der Waals surface area (Å²) in [4.78, 5) is 12.3. The lowest BCUT2D eigenvalue weighted by Gasteiger charge is -2.18. The number of carbonyl (C=O) groups is 1. The van der Waals surface area contributed by atoms with Crippen molar-refractivity contribution in [3.05, 3.63) is 71.3 Å². The van der Waals surface area contributed by atoms with E-state index in [9.17, 15) is 9.90 Å². The Hall–Kier alpha value is -2.13. The molecule has 110 valence electrons. The lowest BCUT2D eigenvalue weighted by Crippen LogP contribution is -2.29. The van der Waals surface area contributed by atoms with E-state index < -0.39 is 0 Å². The van der Waals surface area contributed by atoms with E-state index in [1.807, 2.05) is 54.6 Å². The lowest BCUT2D eigenvalue weighted by atomic mass is 10.0. The molecule has 0 saturated heterocycles. The highest BCUT2D eigenvalue weighted by molar-refractivity contribution is 5.94. The number of hydrogen-bond acceptors (Lipinski definition) is 2. The van der Waals surface area contributed by atoms with Crippen LogP contribution in [-0.4, -0.2) is 17.6 Å². The van der Waals surface area contributed by atoms with Crippen molar-refractivity contribution < 1.29 is 9.90 Å². The van der Waals surface area contributed by atoms with Crippen molar-refractivity contribution in [3.8, 4) is 0 Å². The average molecular weight is 283 g/mol. The molecule has 0 saturated carbocycles. The van der Waals surface area contributed by atoms with Gasteiger partial charge in [0.15, 0.2) is 0 Å². The second kappa shape index (κ2) is 7.60. The fourth-order valence-corrected chi connectivity index (χ4v) is 2.27. The predicted octanol–water partition coefficient (Wildman–Crippen LogP) is 3.10. The van der Waals surface area contributed by atoms with Crippen LogP contribution in [0.4, 0.5) is 0 Å². The molecule has 0 bridgehead atoms. The van der Waals surface area contributed by atoms with Crippen LogP contribution in [0.2, 0.25) is 0 Å². The first-order chi connectivity index (χ1) is 10.2. The van der Waals surface area contributed by atoms with E-state index >= 15 is 0 Å². The van der Waals surface area contributed by atoms with Crippen LogP contribution in [-0.2, 0) is 6.42 Å². The van der Waals surface area contributed by atoms with Gasteiger partial charge in [0, 0.05) is 12.2 Å². The zero-order valence-electron chi connectivity index (χ0n) is 12.3. The summed E-state index contributed by atoms with van der Waals surface area (Å²) < 4.78 is 0. The molecule has 0 aromatic heterocycles. The second-order valence-electron chi connectivity index (χ2n) is 5.00. The molecular weight excluding hydrogens is 262 g/mol. The number of aliphatic hydroxyl groups is 1. The number of amides is 1. The Morgan fingerprint density at radius 3 is 2.33 bits per heavy atom. The van der Waals surface area contributed by atoms with Gasteiger partial charge in [-0.15, -0.1) is 0 Å². The summed E-state index contributed by atoms with van der Waals surface area (Å²) in [5, 5.41) is 12.2. The van der Waals surface area contributed by atoms with Gasteiger partial charge in [0.2, 0.25) is 0 Å². The normalized spacial score (nSPS) is 11.9. The zero-order chi connectivity index (χ0) is 15.1. The summed E-state index contributed by atoms with van der Waals surface area (Å²) in [5.41, 5.74) is 2.86. The molecule has 3 nitrogen and oxygen atoms in total. The van der Waals surface area contributed by atoms with Crippen molar-refractivity contribution in [2.45, 2.75) is 25.8 Å². The molecule has 1 atom stereocenters. The molecule has 2 N–H and O–H groups in total. The number of hydrogen-bond donors (Lipinski definition) is 2. The summed E-state index contributed by atoms with van der Waals surface area (Å²) in [6.45, 7) is 2.12. The zero-order valence-corrected chi connectivity index (χ0v) is 12.3. The van der Waals surface area contributed by atoms with Crippen molar-refractivity contribution in [2.75, 3.05) is 6.61 Å². The van der Waals surface area contributed by atoms with Crippen LogP contribution in [0.5, 0.6) is 0 Å². The van der Waals surface area contributed by atoms with Crippen LogP contribution in [0.15, 0.2) is 54.6 Å². The molecule has 0 spiro atoms. The third-order valence-electron chi connectivity index (χ3n) is 3.55. The van der Waals surface area contributed by atoms with Crippen LogP contribution in [0, 0.1) is 0 Å². The largest absolute Gasteiger partial charge is 0.396 e. The smallest absolute Gasteiger partial charge is 0.251 e. The van der Waals surface area contributed by atoms with E-state index in [4.69, 9.17) is 0 Å². The summed E-state index contributed by atoms with van der Waals surface area (Å²) in [7, 11) is 0. The Morgan fingerprint density at radius 1 is 1.10 bits per heavy atom. The molecule has 0 aliphatic carbocycles. The monoisotopic (exact) mass is 283 g/mol. The Kier molecular flexibility index (Phi) is 5.52. The van der Waals surface area contributed by atoms with Crippen molar-refractivity contribution in [3.63, 3.8) is 0 Å². The Labute approximate surface area is 125 Å². The van der Waals surface area contributed by atoms with Gasteiger partial charge in [-0.3, -0.25) is 4.79 Å². The molecule has 0 radical (unpaired) electrons. The highest BCUT2D eigenvalue weighted by atomic mass is 16.3. The summed E-state index contributed by atoms with van der Waals surface area (Å²) in [5.74, 6) is -0.111. The van der Waals surface area contributed by atoms with Crippen LogP contribution < -0.4 is 5.32 Å². The first-order valence-corrected chi connectivity index (χ1v) is 7.30. The second-order valence-corrected chi connectivity index (χ2v) is 5.00. The Bertz CT molecular complexity index is 564. The molecule has 0 aliphatic rings. The van der Waals surface area contributed by atoms with Crippen molar-refractivity contribution in [1.29, 1.82) is 0 Å². The molecule has 0 aliphatic heterocycles. The SMILES string of the molecule is CCc1ccc(C(=O)NC(CCO)c2ccccc2)cc1. The van der Waals surface area contributed by atoms with Crippen LogP contribution >= 0.6 is 0 Å². The standard InChI is InChI=1S/C18H21NO2/c1-2-14-8-10-16(11-9-14)18(21)19-17(12-13-20)15-6-4-3-5-7-15/h3-11,17,20H,2,12-13H2,1H3,(H,19,21). The molecule has 0 fully saturated rings. The highest BCUT2D eigenvalue weighted by Crippen LogP contribution is 2.17. The first kappa shape index (κ1) is 15.3. The summed E-state index contributed by atoms with van der Waals surface area (Å²) in [6.07, 6.45) is 1.46. The number of benzene rings is 2. The Balaban J connectivity index is 2.10. The van der Waals surface area contributed by atoms with E-state index in [0.29, 0.717) is 12.0 Å². The number of nitrogens with one attached hydrogen (secondary N) is 1. The molecule has 2 aromatic carbocycles. The molecular formula is C18H21NO2. The van der Waals surface area contributed by atoms with E-state index in [2.05, 4.69) is 12.2 Å². The number of rotatable bonds is 6. The molecule has 0 heterocycles. The van der Waals surface area contributed by atoms with Gasteiger partial charge in [0.05, 0.1) is 6.04 Å². The van der Waals surface area contributed by atoms with Crippen molar-refractivity contribution in [1.82, 2.24) is 5.32 Å². The van der Waals surface area contributed by atoms with Gasteiger partial charge in [0.1, 0.15) is 0 Å². The van der Waals surface area contributed by atoms with Crippen LogP contribution in [0.3, 0.4) is 0 Å². The first-order valence-electron chi connectivity index (χ1n) is 7.30. The van der Waals surface area contributed by atoms with Gasteiger partial charge < -0.3 is 10.4 Å². The fourth-order valence-electron chi connectivity index (χ4n) is 2.27. The third kappa shape index (κ3) is 4.17. The maximum atomic E-state index is 12.3. The summed E-state index contributed by atoms with van der Waals surface area (Å²) >= 11 is 0. The van der Waals surface area contributed by atoms with Gasteiger partial charge in [-0.2, -0.15) is 0 Å². The molecule has 2 aromatic rings. The van der Waals surface area contributed by atoms with E-state index in [0.717, 1.165) is 12.0 Å². The van der Waals surface area contributed by atoms with E-state index in [1.54, 1.807) is 0 Å². The molecule has 1 unspecified atom stereocenters. The van der Waals surface area contributed by atoms with Crippen LogP contribution in [0.1, 0.15) is 40.9 Å². The predicted molar refractivity (Wildman–Crippen MR) is 84.2 cm³/mol. The number of aliphatic hydroxyl groups excluding tert-OH is 1. The minimum absolute atomic E-state index is 0.0363. The van der Waals surface area contributed by atoms with E-state index in [1.165, 1.54) is 5.56 Å². The van der Waals surface area contributed by atoms with Gasteiger partial charge in [0.25, 0.3) is 5.91 Å². The van der Waals surface area contributed by atoms with Crippen LogP contribution in [0.25, 0.3) is 0 Å². The molecule has 21 heavy (non-hydrogen) atoms. The van der Waals surface area contributed by atoms with Crippen molar-refractivity contribution in [2.24, 2.45) is 0 Å². The minimum Gasteiger partial charge on any atom is -0.396 e. The topological polar surface area (TPSA) is 49.3 Å². The lowest BCUT2D eigenvalue weighted by molar-refractivity contribution is 0.0930. The number of aryl methyl sites for hydroxylation is 1. The Morgan fingerprint density at radius 2 is 1.76 bits per heavy atom. The average Bonchev–Trinajstić information content (AvgIpc) is 2.55. The summed E-state index contributed by atoms with van der Waals surface area (Å²) in [6, 6.07) is 17.2. The highest BCUT2D eigenvalue weighted by Gasteiger charge is 2.15. The van der Waals surface area contributed by atoms with E-state index in [-0.39, 0.29) is 18.6 Å². The third-order valence-corrected chi connectivity index (χ3v) is 3.55. The quantitative estimate of drug-likeness (QED) is 0.856. The molecule has 1 amide bonds. The molecule has 3 heteroatoms. The molecule has 2 rings (SSSR count). The minimum atomic E-state index is -0.172. The van der Waals surface area contributed by atoms with Crippen molar-refractivity contribution >= 4 is 5.91 Å². The maximum Gasteiger partial charge on any atom is 0.251 e. The maximum absolute atomic E-state index is 12.3.